The number of hydrogen-bond donors (Lipinski definition) is 20. The second kappa shape index (κ2) is 41.0. The Labute approximate surface area is 742 Å². The largest absolute Gasteiger partial charge is 0.508 e. The highest BCUT2D eigenvalue weighted by molar-refractivity contribution is 6.33. The van der Waals surface area contributed by atoms with Gasteiger partial charge in [0.05, 0.1) is 23.8 Å². The van der Waals surface area contributed by atoms with Crippen molar-refractivity contribution in [1.82, 2.24) is 52.8 Å². The lowest BCUT2D eigenvalue weighted by Crippen LogP contribution is -2.66. The fourth-order valence-electron chi connectivity index (χ4n) is 15.9. The number of phenolic OH excluding ortho intramolecular Hbond substituents is 4. The molecule has 8 aliphatic heterocycles. The predicted octanol–water partition coefficient (Wildman–Crippen LogP) is 4.01. The molecule has 0 aliphatic carbocycles. The van der Waals surface area contributed by atoms with Gasteiger partial charge >= 0.3 is 5.97 Å². The molecule has 0 saturated carbocycles. The first kappa shape index (κ1) is 93.7. The number of aromatic hydroxyl groups is 4. The van der Waals surface area contributed by atoms with Crippen LogP contribution in [0.25, 0.3) is 11.1 Å². The van der Waals surface area contributed by atoms with Crippen LogP contribution < -0.4 is 71.5 Å². The van der Waals surface area contributed by atoms with E-state index in [1.54, 1.807) is 14.1 Å². The van der Waals surface area contributed by atoms with E-state index in [9.17, 15) is 70.6 Å². The van der Waals surface area contributed by atoms with Crippen LogP contribution in [0, 0.1) is 0 Å². The summed E-state index contributed by atoms with van der Waals surface area (Å²) in [7, 11) is 5.94. The van der Waals surface area contributed by atoms with E-state index in [4.69, 9.17) is 61.1 Å². The molecule has 8 aliphatic rings. The van der Waals surface area contributed by atoms with Gasteiger partial charge in [-0.25, -0.2) is 4.79 Å². The molecule has 18 atom stereocenters. The molecule has 40 heteroatoms. The number of halogens is 2. The number of phenols is 4. The molecule has 17 bridgehead atoms. The molecule has 38 nitrogen and oxygen atoms in total. The molecule has 2 fully saturated rings. The van der Waals surface area contributed by atoms with Gasteiger partial charge in [0.25, 0.3) is 0 Å². The normalized spacial score (nSPS) is 25.8. The van der Waals surface area contributed by atoms with Crippen molar-refractivity contribution in [3.8, 4) is 80.1 Å². The van der Waals surface area contributed by atoms with Gasteiger partial charge in [-0.2, -0.15) is 0 Å². The maximum Gasteiger partial charge on any atom is 0.337 e. The number of amides is 8. The van der Waals surface area contributed by atoms with Crippen molar-refractivity contribution in [3.63, 3.8) is 0 Å². The molecule has 7 aromatic rings. The van der Waals surface area contributed by atoms with E-state index in [-0.39, 0.29) is 41.3 Å². The van der Waals surface area contributed by atoms with Gasteiger partial charge in [0.15, 0.2) is 29.1 Å². The van der Waals surface area contributed by atoms with E-state index in [2.05, 4.69) is 54.8 Å². The number of likely N-dealkylation sites (N-methyl/N-ethyl adjacent to an activating group) is 1. The van der Waals surface area contributed by atoms with Crippen LogP contribution in [0.3, 0.4) is 0 Å². The Bertz CT molecular complexity index is 5320. The Morgan fingerprint density at radius 1 is 0.555 bits per heavy atom. The van der Waals surface area contributed by atoms with Crippen LogP contribution in [0.2, 0.25) is 10.0 Å². The number of rotatable bonds is 22. The summed E-state index contributed by atoms with van der Waals surface area (Å²) in [6.45, 7) is 1.46. The summed E-state index contributed by atoms with van der Waals surface area (Å²) in [6.07, 6.45) is -14.0. The summed E-state index contributed by atoms with van der Waals surface area (Å²) < 4.78 is 49.9. The smallest absolute Gasteiger partial charge is 0.337 e. The van der Waals surface area contributed by atoms with Crippen molar-refractivity contribution < 1.29 is 137 Å². The van der Waals surface area contributed by atoms with E-state index in [0.717, 1.165) is 112 Å². The lowest BCUT2D eigenvalue weighted by Gasteiger charge is -2.41. The van der Waals surface area contributed by atoms with Crippen LogP contribution in [0.15, 0.2) is 115 Å². The number of carbonyl (C=O) groups is 9. The number of esters is 1. The lowest BCUT2D eigenvalue weighted by molar-refractivity contribution is -0.277. The minimum absolute atomic E-state index is 0.0893. The SMILES string of the molecule is CCCCCCCCCCC(=O)N[C@H]1[C@H](Oc2c3cc4cc2Oc2ccc(cc2Cl)[C@@H](O)[C@@H]2NC(=O)[C@H](NC(=O)[C@@H]4NC(=O)[C@H]4NC(=O)[C@@H](Cc5ccc(cc5)O3)NC(=O)[C@H](NC)c3ccc(O)c(c3)Oc3cc(O)c(Cl)c4c3)c3ccc(O)c(c3)-c3c(O[C@H]4O[C@H](CO)[C@@H](O)[C@H](O)[C@@H]4O)cc(O)cc3[C@H](C(=O)NCCCN(C)C)NC2=O)O[C@H](C(=O)OC)[C@@H](O)[C@@H]1O. The van der Waals surface area contributed by atoms with E-state index in [1.165, 1.54) is 55.6 Å². The molecule has 15 rings (SSSR count). The number of ether oxygens (including phenoxy) is 8. The number of aliphatic hydroxyl groups excluding tert-OH is 7. The average molecular weight is 1820 g/mol. The van der Waals surface area contributed by atoms with Gasteiger partial charge in [-0.3, -0.25) is 38.4 Å². The van der Waals surface area contributed by atoms with Crippen molar-refractivity contribution in [2.75, 3.05) is 47.9 Å². The fraction of sp³-hybridized carbons (Fsp3) is 0.420. The summed E-state index contributed by atoms with van der Waals surface area (Å²) in [5.41, 5.74) is -2.58. The van der Waals surface area contributed by atoms with Crippen molar-refractivity contribution in [2.24, 2.45) is 0 Å². The first-order chi connectivity index (χ1) is 61.2. The summed E-state index contributed by atoms with van der Waals surface area (Å²) in [5.74, 6) is -17.1. The topological polar surface area (TPSA) is 562 Å². The number of hydrogen-bond acceptors (Lipinski definition) is 30. The molecule has 128 heavy (non-hydrogen) atoms. The number of benzene rings is 7. The van der Waals surface area contributed by atoms with E-state index in [1.807, 2.05) is 4.90 Å². The van der Waals surface area contributed by atoms with E-state index < -0.39 is 271 Å². The third-order valence-electron chi connectivity index (χ3n) is 22.7. The van der Waals surface area contributed by atoms with Crippen LogP contribution in [0.5, 0.6) is 69.0 Å². The standard InChI is InChI=1S/C88H100Cl2N10O28/c1-6-7-8-9-10-11-12-13-15-61(106)94-70-73(109)75(111)78(86(120)121-5)128-87(70)127-77-58-32-43-33-59(77)124-55-25-20-42(30-50(55)89)71(107)69-85(119)98-67(80(114)92-26-14-27-100(3)4)48-34-44(102)35-57(125-88-76(112)74(110)72(108)60(38-101)126-88)62(48)47-29-40(18-23-52(47)103)65(82(116)99-69)95-83(117)66(43)96-84(118)68-49-36-46(37-54(105)63(49)90)123-56-31-41(19-24-53(56)104)64(91-2)81(115)93-51(79(113)97-68)28-39-16-21-45(122-58)22-17-39/h16-25,29-37,51,60,64-76,78,87-88,91,101-105,107-112H,6-15,26-28,38H2,1-5H3,(H,92,114)(H,93,115)(H,94,106)(H,95,117)(H,96,118)(H,97,113)(H,98,119)(H,99,116)/t51-,60-,64-,65-,66-,67-,68+,69+,70-,71-,72-,73-,74+,75+,76+,78+,87-,88+/m1/s1. The quantitative estimate of drug-likeness (QED) is 0.0337. The third-order valence-corrected chi connectivity index (χ3v) is 23.5. The van der Waals surface area contributed by atoms with Gasteiger partial charge in [-0.1, -0.05) is 105 Å². The third kappa shape index (κ3) is 20.9. The zero-order valence-electron chi connectivity index (χ0n) is 69.8. The molecular formula is C88H100Cl2N10O28. The number of carbonyl (C=O) groups excluding carboxylic acids is 9. The minimum atomic E-state index is -2.43. The number of aliphatic hydroxyl groups is 7. The Hall–Kier alpha value is -11.9. The summed E-state index contributed by atoms with van der Waals surface area (Å²) >= 11 is 14.3. The maximum atomic E-state index is 16.9. The summed E-state index contributed by atoms with van der Waals surface area (Å²) in [4.78, 5) is 141. The van der Waals surface area contributed by atoms with Crippen LogP contribution in [-0.4, -0.2) is 236 Å². The highest BCUT2D eigenvalue weighted by Crippen LogP contribution is 2.51. The van der Waals surface area contributed by atoms with Gasteiger partial charge in [0.1, 0.15) is 131 Å². The van der Waals surface area contributed by atoms with Gasteiger partial charge < -0.3 is 147 Å². The number of nitrogens with zero attached hydrogens (tertiary/aromatic N) is 1. The molecule has 0 unspecified atom stereocenters. The van der Waals surface area contributed by atoms with Gasteiger partial charge in [-0.15, -0.1) is 0 Å². The molecule has 0 radical (unpaired) electrons. The van der Waals surface area contributed by atoms with Crippen LogP contribution in [0.4, 0.5) is 0 Å². The molecular weight excluding hydrogens is 1720 g/mol. The van der Waals surface area contributed by atoms with Gasteiger partial charge in [-0.05, 0) is 147 Å². The van der Waals surface area contributed by atoms with Crippen molar-refractivity contribution >= 4 is 76.4 Å². The maximum absolute atomic E-state index is 16.9. The molecule has 8 amide bonds. The second-order valence-electron chi connectivity index (χ2n) is 32.1. The monoisotopic (exact) mass is 1810 g/mol. The lowest BCUT2D eigenvalue weighted by atomic mass is 9.89. The first-order valence-corrected chi connectivity index (χ1v) is 42.3. The Morgan fingerprint density at radius 2 is 1.20 bits per heavy atom. The number of nitrogens with one attached hydrogen (secondary N) is 9. The molecule has 8 heterocycles. The zero-order valence-corrected chi connectivity index (χ0v) is 71.3. The Morgan fingerprint density at radius 3 is 1.90 bits per heavy atom. The molecule has 684 valence electrons. The zero-order chi connectivity index (χ0) is 91.8. The van der Waals surface area contributed by atoms with E-state index in [0.29, 0.717) is 31.4 Å². The highest BCUT2D eigenvalue weighted by atomic mass is 35.5. The number of methoxy groups -OCH3 is 1. The average Bonchev–Trinajstić information content (AvgIpc) is 0.758. The molecule has 0 aromatic heterocycles. The number of fused-ring (bicyclic) bond motifs is 14. The van der Waals surface area contributed by atoms with Gasteiger partial charge in [0, 0.05) is 48.2 Å². The molecule has 0 spiro atoms. The van der Waals surface area contributed by atoms with Gasteiger partial charge in [0.2, 0.25) is 65.6 Å². The predicted molar refractivity (Wildman–Crippen MR) is 452 cm³/mol. The van der Waals surface area contributed by atoms with Crippen molar-refractivity contribution in [2.45, 2.75) is 187 Å². The second-order valence-corrected chi connectivity index (χ2v) is 32.8. The van der Waals surface area contributed by atoms with Crippen LogP contribution in [-0.2, 0) is 63.8 Å². The fourth-order valence-corrected chi connectivity index (χ4v) is 16.3. The van der Waals surface area contributed by atoms with Crippen molar-refractivity contribution in [1.29, 1.82) is 0 Å². The highest BCUT2D eigenvalue weighted by Gasteiger charge is 2.52. The van der Waals surface area contributed by atoms with Crippen molar-refractivity contribution in [3.05, 3.63) is 164 Å². The molecule has 2 saturated heterocycles. The number of unbranched alkanes of at least 4 members (excludes halogenated alkanes) is 7. The molecule has 20 N–H and O–H groups in total. The van der Waals surface area contributed by atoms with Crippen LogP contribution in [0.1, 0.15) is 146 Å². The first-order valence-electron chi connectivity index (χ1n) is 41.5. The Kier molecular flexibility index (Phi) is 30.1. The Balaban J connectivity index is 1.05. The minimum Gasteiger partial charge on any atom is -0.508 e. The summed E-state index contributed by atoms with van der Waals surface area (Å²) in [6, 6.07) is 6.07. The molecule has 7 aromatic carbocycles. The van der Waals surface area contributed by atoms with E-state index >= 15 is 28.8 Å². The summed E-state index contributed by atoms with van der Waals surface area (Å²) in [5, 5.41) is 151. The van der Waals surface area contributed by atoms with Crippen LogP contribution >= 0.6 is 23.2 Å².